The third kappa shape index (κ3) is 2.64. The molecule has 8 nitrogen and oxygen atoms in total. The lowest BCUT2D eigenvalue weighted by Gasteiger charge is -2.39. The normalized spacial score (nSPS) is 26.0. The minimum atomic E-state index is -0.336. The summed E-state index contributed by atoms with van der Waals surface area (Å²) in [5.74, 6) is 7.07. The van der Waals surface area contributed by atoms with Crippen LogP contribution in [0.5, 0.6) is 0 Å². The van der Waals surface area contributed by atoms with Crippen molar-refractivity contribution in [2.45, 2.75) is 38.1 Å². The predicted molar refractivity (Wildman–Crippen MR) is 80.6 cm³/mol. The van der Waals surface area contributed by atoms with E-state index in [4.69, 9.17) is 5.84 Å². The van der Waals surface area contributed by atoms with Crippen molar-refractivity contribution >= 4 is 22.8 Å². The van der Waals surface area contributed by atoms with Gasteiger partial charge in [0.05, 0.1) is 23.7 Å². The van der Waals surface area contributed by atoms with Gasteiger partial charge >= 0.3 is 0 Å². The van der Waals surface area contributed by atoms with Gasteiger partial charge in [-0.3, -0.25) is 10.5 Å². The summed E-state index contributed by atoms with van der Waals surface area (Å²) >= 11 is 0. The molecule has 1 aliphatic carbocycles. The van der Waals surface area contributed by atoms with Crippen molar-refractivity contribution in [3.63, 3.8) is 0 Å². The summed E-state index contributed by atoms with van der Waals surface area (Å²) in [7, 11) is 0. The maximum Gasteiger partial charge on any atom is 0.241 e. The van der Waals surface area contributed by atoms with Crippen LogP contribution in [0.25, 0.3) is 11.0 Å². The molecule has 0 atom stereocenters. The van der Waals surface area contributed by atoms with Crippen LogP contribution in [0.2, 0.25) is 0 Å². The third-order valence-electron chi connectivity index (χ3n) is 4.36. The molecule has 0 amide bonds. The van der Waals surface area contributed by atoms with Crippen molar-refractivity contribution in [3.05, 3.63) is 6.20 Å². The first-order valence-corrected chi connectivity index (χ1v) is 7.22. The first-order chi connectivity index (χ1) is 10.2. The molecule has 1 fully saturated rings. The second-order valence-corrected chi connectivity index (χ2v) is 5.92. The van der Waals surface area contributed by atoms with E-state index < -0.39 is 0 Å². The van der Waals surface area contributed by atoms with Gasteiger partial charge in [0.2, 0.25) is 5.95 Å². The maximum atomic E-state index is 9.87. The highest BCUT2D eigenvalue weighted by Crippen LogP contribution is 2.35. The lowest BCUT2D eigenvalue weighted by molar-refractivity contribution is 0.155. The van der Waals surface area contributed by atoms with Gasteiger partial charge in [-0.2, -0.15) is 15.1 Å². The fourth-order valence-electron chi connectivity index (χ4n) is 2.88. The largest absolute Gasteiger partial charge is 0.394 e. The van der Waals surface area contributed by atoms with Gasteiger partial charge in [0.1, 0.15) is 5.82 Å². The first-order valence-electron chi connectivity index (χ1n) is 7.22. The predicted octanol–water partition coefficient (Wildman–Crippen LogP) is 0.992. The molecule has 3 rings (SSSR count). The average Bonchev–Trinajstić information content (AvgIpc) is 2.98. The van der Waals surface area contributed by atoms with Crippen molar-refractivity contribution in [2.24, 2.45) is 11.8 Å². The Hall–Kier alpha value is -1.93. The molecular weight excluding hydrogens is 270 g/mol. The number of aliphatic hydroxyl groups is 1. The molecular formula is C13H21N7O. The lowest BCUT2D eigenvalue weighted by Crippen LogP contribution is -2.45. The summed E-state index contributed by atoms with van der Waals surface area (Å²) in [6, 6.07) is 0. The molecule has 0 bridgehead atoms. The van der Waals surface area contributed by atoms with Crippen molar-refractivity contribution in [1.29, 1.82) is 0 Å². The number of hydrogen-bond acceptors (Lipinski definition) is 7. The maximum absolute atomic E-state index is 9.87. The zero-order valence-electron chi connectivity index (χ0n) is 12.1. The molecule has 6 N–H and O–H groups in total. The molecule has 2 heterocycles. The van der Waals surface area contributed by atoms with Gasteiger partial charge in [0, 0.05) is 0 Å². The zero-order valence-corrected chi connectivity index (χ0v) is 12.1. The van der Waals surface area contributed by atoms with E-state index in [-0.39, 0.29) is 12.1 Å². The van der Waals surface area contributed by atoms with Crippen LogP contribution in [-0.2, 0) is 0 Å². The summed E-state index contributed by atoms with van der Waals surface area (Å²) in [5, 5.41) is 20.9. The molecule has 0 aliphatic heterocycles. The number of hydrogen-bond donors (Lipinski definition) is 5. The van der Waals surface area contributed by atoms with Crippen LogP contribution in [-0.4, -0.2) is 37.4 Å². The van der Waals surface area contributed by atoms with Crippen molar-refractivity contribution in [3.8, 4) is 0 Å². The second kappa shape index (κ2) is 5.45. The van der Waals surface area contributed by atoms with Crippen LogP contribution in [0, 0.1) is 5.92 Å². The molecule has 0 spiro atoms. The molecule has 114 valence electrons. The number of anilines is 2. The average molecular weight is 291 g/mol. The van der Waals surface area contributed by atoms with E-state index in [2.05, 4.69) is 37.8 Å². The molecule has 1 aliphatic rings. The second-order valence-electron chi connectivity index (χ2n) is 5.92. The Bertz CT molecular complexity index is 618. The summed E-state index contributed by atoms with van der Waals surface area (Å²) in [6.45, 7) is 2.32. The van der Waals surface area contributed by atoms with E-state index in [0.29, 0.717) is 23.3 Å². The highest BCUT2D eigenvalue weighted by molar-refractivity contribution is 5.87. The van der Waals surface area contributed by atoms with E-state index in [0.717, 1.165) is 31.1 Å². The van der Waals surface area contributed by atoms with Gasteiger partial charge in [-0.1, -0.05) is 6.92 Å². The Kier molecular flexibility index (Phi) is 3.64. The zero-order chi connectivity index (χ0) is 14.9. The standard InChI is InChI=1S/C13H21N7O/c1-8-2-4-13(7-21,5-3-8)18-10-9-6-15-20-11(9)17-12(16-10)19-14/h6,8,21H,2-5,7,14H2,1H3,(H3,15,16,17,18,19,20). The number of nitrogens with one attached hydrogen (secondary N) is 3. The van der Waals surface area contributed by atoms with E-state index in [9.17, 15) is 5.11 Å². The van der Waals surface area contributed by atoms with Gasteiger partial charge < -0.3 is 10.4 Å². The van der Waals surface area contributed by atoms with Gasteiger partial charge in [0.15, 0.2) is 5.65 Å². The fraction of sp³-hybridized carbons (Fsp3) is 0.615. The molecule has 1 saturated carbocycles. The summed E-state index contributed by atoms with van der Waals surface area (Å²) in [6.07, 6.45) is 5.69. The van der Waals surface area contributed by atoms with E-state index in [1.54, 1.807) is 6.20 Å². The SMILES string of the molecule is CC1CCC(CO)(Nc2nc(NN)nc3[nH]ncc23)CC1. The van der Waals surface area contributed by atoms with Crippen molar-refractivity contribution < 1.29 is 5.11 Å². The number of H-pyrrole nitrogens is 1. The molecule has 8 heteroatoms. The van der Waals surface area contributed by atoms with Crippen LogP contribution in [0.4, 0.5) is 11.8 Å². The number of aliphatic hydroxyl groups excluding tert-OH is 1. The number of nitrogens with two attached hydrogens (primary N) is 1. The quantitative estimate of drug-likeness (QED) is 0.420. The van der Waals surface area contributed by atoms with Gasteiger partial charge in [-0.15, -0.1) is 0 Å². The molecule has 2 aromatic heterocycles. The molecule has 0 saturated heterocycles. The van der Waals surface area contributed by atoms with E-state index in [1.165, 1.54) is 0 Å². The fourth-order valence-corrected chi connectivity index (χ4v) is 2.88. The van der Waals surface area contributed by atoms with Gasteiger partial charge in [0.25, 0.3) is 0 Å². The lowest BCUT2D eigenvalue weighted by atomic mass is 9.77. The van der Waals surface area contributed by atoms with Crippen molar-refractivity contribution in [2.75, 3.05) is 17.3 Å². The Morgan fingerprint density at radius 1 is 1.43 bits per heavy atom. The Labute approximate surface area is 122 Å². The number of hydrazine groups is 1. The van der Waals surface area contributed by atoms with Crippen molar-refractivity contribution in [1.82, 2.24) is 20.2 Å². The van der Waals surface area contributed by atoms with Crippen LogP contribution in [0.3, 0.4) is 0 Å². The minimum Gasteiger partial charge on any atom is -0.394 e. The molecule has 0 unspecified atom stereocenters. The first kappa shape index (κ1) is 14.0. The minimum absolute atomic E-state index is 0.0778. The van der Waals surface area contributed by atoms with E-state index in [1.807, 2.05) is 0 Å². The Morgan fingerprint density at radius 3 is 2.86 bits per heavy atom. The van der Waals surface area contributed by atoms with E-state index >= 15 is 0 Å². The summed E-state index contributed by atoms with van der Waals surface area (Å²) in [5.41, 5.74) is 2.72. The van der Waals surface area contributed by atoms with Gasteiger partial charge in [-0.05, 0) is 31.6 Å². The number of nitrogens with zero attached hydrogens (tertiary/aromatic N) is 3. The Morgan fingerprint density at radius 2 is 2.19 bits per heavy atom. The van der Waals surface area contributed by atoms with Crippen LogP contribution in [0.15, 0.2) is 6.20 Å². The van der Waals surface area contributed by atoms with Crippen LogP contribution < -0.4 is 16.6 Å². The monoisotopic (exact) mass is 291 g/mol. The summed E-state index contributed by atoms with van der Waals surface area (Å²) in [4.78, 5) is 8.57. The highest BCUT2D eigenvalue weighted by atomic mass is 16.3. The number of aromatic amines is 1. The topological polar surface area (TPSA) is 125 Å². The summed E-state index contributed by atoms with van der Waals surface area (Å²) < 4.78 is 0. The van der Waals surface area contributed by atoms with Crippen LogP contribution in [0.1, 0.15) is 32.6 Å². The Balaban J connectivity index is 1.94. The highest BCUT2D eigenvalue weighted by Gasteiger charge is 2.34. The smallest absolute Gasteiger partial charge is 0.241 e. The number of nitrogen functional groups attached to an aromatic ring is 1. The molecule has 0 aromatic carbocycles. The molecule has 2 aromatic rings. The third-order valence-corrected chi connectivity index (χ3v) is 4.36. The number of aromatic nitrogens is 4. The molecule has 21 heavy (non-hydrogen) atoms. The number of fused-ring (bicyclic) bond motifs is 1. The number of rotatable bonds is 4. The molecule has 0 radical (unpaired) electrons. The van der Waals surface area contributed by atoms with Gasteiger partial charge in [-0.25, -0.2) is 5.84 Å². The van der Waals surface area contributed by atoms with Crippen LogP contribution >= 0.6 is 0 Å².